The number of halogens is 4. The van der Waals surface area contributed by atoms with Gasteiger partial charge in [0.25, 0.3) is 0 Å². The molecule has 0 atom stereocenters. The maximum atomic E-state index is 12.8. The molecule has 0 bridgehead atoms. The molecule has 0 aliphatic heterocycles. The first kappa shape index (κ1) is 20.6. The van der Waals surface area contributed by atoms with Crippen molar-refractivity contribution in [2.45, 2.75) is 19.6 Å². The third kappa shape index (κ3) is 6.49. The highest BCUT2D eigenvalue weighted by Gasteiger charge is 2.33. The van der Waals surface area contributed by atoms with Gasteiger partial charge >= 0.3 is 12.2 Å². The van der Waals surface area contributed by atoms with E-state index in [1.165, 1.54) is 6.07 Å². The molecule has 2 aromatic carbocycles. The van der Waals surface area contributed by atoms with Gasteiger partial charge in [0.1, 0.15) is 0 Å². The fraction of sp³-hybridized carbons (Fsp3) is 0.222. The number of carbonyl (C=O) groups excluding carboxylic acids is 2. The van der Waals surface area contributed by atoms with Crippen LogP contribution in [0.1, 0.15) is 16.7 Å². The molecule has 0 aromatic heterocycles. The largest absolute Gasteiger partial charge is 0.417 e. The van der Waals surface area contributed by atoms with Crippen molar-refractivity contribution in [2.24, 2.45) is 0 Å². The number of alkyl halides is 3. The number of anilines is 1. The second kappa shape index (κ2) is 8.77. The fourth-order valence-corrected chi connectivity index (χ4v) is 2.36. The van der Waals surface area contributed by atoms with Gasteiger partial charge in [-0.05, 0) is 30.7 Å². The molecule has 0 fully saturated rings. The van der Waals surface area contributed by atoms with Crippen LogP contribution in [-0.2, 0) is 17.5 Å². The minimum atomic E-state index is -4.63. The van der Waals surface area contributed by atoms with E-state index < -0.39 is 35.2 Å². The van der Waals surface area contributed by atoms with Crippen molar-refractivity contribution in [3.63, 3.8) is 0 Å². The number of carbonyl (C=O) groups is 2. The summed E-state index contributed by atoms with van der Waals surface area (Å²) >= 11 is 5.52. The normalized spacial score (nSPS) is 11.0. The monoisotopic (exact) mass is 399 g/mol. The summed E-state index contributed by atoms with van der Waals surface area (Å²) < 4.78 is 38.4. The topological polar surface area (TPSA) is 70.2 Å². The van der Waals surface area contributed by atoms with E-state index in [4.69, 9.17) is 11.6 Å². The highest BCUT2D eigenvalue weighted by Crippen LogP contribution is 2.36. The standard InChI is InChI=1S/C18H17ClF3N3O2/c1-11-2-4-12(5-3-11)9-23-17(27)24-10-16(26)25-13-6-7-15(19)14(8-13)18(20,21)22/h2-8H,9-10H2,1H3,(H,25,26)(H2,23,24,27). The molecule has 144 valence electrons. The van der Waals surface area contributed by atoms with E-state index in [-0.39, 0.29) is 12.2 Å². The second-order valence-electron chi connectivity index (χ2n) is 5.76. The van der Waals surface area contributed by atoms with E-state index in [2.05, 4.69) is 16.0 Å². The molecule has 0 saturated carbocycles. The zero-order chi connectivity index (χ0) is 20.0. The summed E-state index contributed by atoms with van der Waals surface area (Å²) in [5, 5.41) is 6.72. The van der Waals surface area contributed by atoms with Gasteiger partial charge < -0.3 is 16.0 Å². The molecule has 27 heavy (non-hydrogen) atoms. The van der Waals surface area contributed by atoms with Crippen molar-refractivity contribution in [2.75, 3.05) is 11.9 Å². The number of rotatable bonds is 5. The van der Waals surface area contributed by atoms with Crippen LogP contribution in [0, 0.1) is 6.92 Å². The lowest BCUT2D eigenvalue weighted by atomic mass is 10.1. The number of aryl methyl sites for hydroxylation is 1. The average Bonchev–Trinajstić information content (AvgIpc) is 2.60. The maximum absolute atomic E-state index is 12.8. The molecule has 0 saturated heterocycles. The SMILES string of the molecule is Cc1ccc(CNC(=O)NCC(=O)Nc2ccc(Cl)c(C(F)(F)F)c2)cc1. The van der Waals surface area contributed by atoms with Gasteiger partial charge in [0.15, 0.2) is 0 Å². The summed E-state index contributed by atoms with van der Waals surface area (Å²) in [6.07, 6.45) is -4.63. The van der Waals surface area contributed by atoms with Gasteiger partial charge in [-0.1, -0.05) is 41.4 Å². The Morgan fingerprint density at radius 2 is 1.70 bits per heavy atom. The minimum absolute atomic E-state index is 0.0708. The highest BCUT2D eigenvalue weighted by molar-refractivity contribution is 6.31. The van der Waals surface area contributed by atoms with Crippen LogP contribution < -0.4 is 16.0 Å². The predicted molar refractivity (Wildman–Crippen MR) is 96.5 cm³/mol. The Kier molecular flexibility index (Phi) is 6.68. The summed E-state index contributed by atoms with van der Waals surface area (Å²) in [5.74, 6) is -0.670. The Hall–Kier alpha value is -2.74. The zero-order valence-corrected chi connectivity index (χ0v) is 15.0. The number of hydrogen-bond donors (Lipinski definition) is 3. The van der Waals surface area contributed by atoms with Gasteiger partial charge in [0.05, 0.1) is 17.1 Å². The summed E-state index contributed by atoms with van der Waals surface area (Å²) in [6.45, 7) is 1.82. The summed E-state index contributed by atoms with van der Waals surface area (Å²) in [6, 6.07) is 9.99. The molecule has 0 unspecified atom stereocenters. The van der Waals surface area contributed by atoms with Crippen LogP contribution in [-0.4, -0.2) is 18.5 Å². The molecule has 5 nitrogen and oxygen atoms in total. The molecule has 9 heteroatoms. The molecule has 3 amide bonds. The van der Waals surface area contributed by atoms with Crippen LogP contribution >= 0.6 is 11.6 Å². The molecular weight excluding hydrogens is 383 g/mol. The van der Waals surface area contributed by atoms with Crippen LogP contribution in [0.15, 0.2) is 42.5 Å². The first-order valence-corrected chi connectivity index (χ1v) is 8.27. The summed E-state index contributed by atoms with van der Waals surface area (Å²) in [7, 11) is 0. The third-order valence-corrected chi connectivity index (χ3v) is 3.87. The fourth-order valence-electron chi connectivity index (χ4n) is 2.14. The van der Waals surface area contributed by atoms with Gasteiger partial charge in [-0.3, -0.25) is 4.79 Å². The van der Waals surface area contributed by atoms with E-state index in [1.54, 1.807) is 0 Å². The van der Waals surface area contributed by atoms with E-state index in [0.29, 0.717) is 0 Å². The third-order valence-electron chi connectivity index (χ3n) is 3.54. The van der Waals surface area contributed by atoms with Crippen LogP contribution in [0.4, 0.5) is 23.7 Å². The molecule has 0 aliphatic carbocycles. The predicted octanol–water partition coefficient (Wildman–Crippen LogP) is 4.11. The van der Waals surface area contributed by atoms with E-state index >= 15 is 0 Å². The van der Waals surface area contributed by atoms with Gasteiger partial charge in [-0.2, -0.15) is 13.2 Å². The first-order valence-electron chi connectivity index (χ1n) is 7.89. The van der Waals surface area contributed by atoms with Crippen molar-refractivity contribution in [3.8, 4) is 0 Å². The Labute approximate surface area is 158 Å². The van der Waals surface area contributed by atoms with Gasteiger partial charge in [-0.25, -0.2) is 4.79 Å². The minimum Gasteiger partial charge on any atom is -0.334 e. The van der Waals surface area contributed by atoms with E-state index in [9.17, 15) is 22.8 Å². The molecule has 2 rings (SSSR count). The van der Waals surface area contributed by atoms with Gasteiger partial charge in [0, 0.05) is 12.2 Å². The summed E-state index contributed by atoms with van der Waals surface area (Å²) in [4.78, 5) is 23.5. The van der Waals surface area contributed by atoms with E-state index in [1.807, 2.05) is 31.2 Å². The lowest BCUT2D eigenvalue weighted by Gasteiger charge is -2.12. The second-order valence-corrected chi connectivity index (χ2v) is 6.17. The Balaban J connectivity index is 1.82. The molecule has 0 radical (unpaired) electrons. The van der Waals surface area contributed by atoms with Gasteiger partial charge in [-0.15, -0.1) is 0 Å². The van der Waals surface area contributed by atoms with Crippen LogP contribution in [0.25, 0.3) is 0 Å². The quantitative estimate of drug-likeness (QED) is 0.708. The lowest BCUT2D eigenvalue weighted by molar-refractivity contribution is -0.137. The molecule has 0 spiro atoms. The van der Waals surface area contributed by atoms with Crippen LogP contribution in [0.2, 0.25) is 5.02 Å². The Morgan fingerprint density at radius 3 is 2.33 bits per heavy atom. The molecule has 0 aliphatic rings. The smallest absolute Gasteiger partial charge is 0.334 e. The first-order chi connectivity index (χ1) is 12.6. The molecule has 3 N–H and O–H groups in total. The van der Waals surface area contributed by atoms with Gasteiger partial charge in [0.2, 0.25) is 5.91 Å². The Bertz CT molecular complexity index is 824. The lowest BCUT2D eigenvalue weighted by Crippen LogP contribution is -2.39. The highest BCUT2D eigenvalue weighted by atomic mass is 35.5. The van der Waals surface area contributed by atoms with Crippen LogP contribution in [0.3, 0.4) is 0 Å². The number of nitrogens with one attached hydrogen (secondary N) is 3. The summed E-state index contributed by atoms with van der Waals surface area (Å²) in [5.41, 5.74) is 0.862. The van der Waals surface area contributed by atoms with Crippen molar-refractivity contribution in [1.82, 2.24) is 10.6 Å². The molecular formula is C18H17ClF3N3O2. The van der Waals surface area contributed by atoms with E-state index in [0.717, 1.165) is 23.3 Å². The van der Waals surface area contributed by atoms with Crippen molar-refractivity contribution in [1.29, 1.82) is 0 Å². The zero-order valence-electron chi connectivity index (χ0n) is 14.3. The maximum Gasteiger partial charge on any atom is 0.417 e. The number of benzene rings is 2. The van der Waals surface area contributed by atoms with Crippen molar-refractivity contribution < 1.29 is 22.8 Å². The number of hydrogen-bond acceptors (Lipinski definition) is 2. The number of amides is 3. The number of urea groups is 1. The Morgan fingerprint density at radius 1 is 1.04 bits per heavy atom. The van der Waals surface area contributed by atoms with Crippen molar-refractivity contribution in [3.05, 3.63) is 64.2 Å². The van der Waals surface area contributed by atoms with Crippen LogP contribution in [0.5, 0.6) is 0 Å². The average molecular weight is 400 g/mol. The van der Waals surface area contributed by atoms with Crippen molar-refractivity contribution >= 4 is 29.2 Å². The molecule has 2 aromatic rings. The molecule has 0 heterocycles.